The zero-order valence-electron chi connectivity index (χ0n) is 13.1. The number of aryl methyl sites for hydroxylation is 1. The van der Waals surface area contributed by atoms with Gasteiger partial charge in [-0.2, -0.15) is 5.10 Å². The molecule has 2 heterocycles. The first-order chi connectivity index (χ1) is 11.3. The summed E-state index contributed by atoms with van der Waals surface area (Å²) in [7, 11) is 1.93. The average molecular weight is 305 g/mol. The van der Waals surface area contributed by atoms with Gasteiger partial charge >= 0.3 is 0 Å². The Labute approximate surface area is 135 Å². The monoisotopic (exact) mass is 305 g/mol. The highest BCUT2D eigenvalue weighted by Crippen LogP contribution is 2.17. The minimum absolute atomic E-state index is 0.757. The van der Waals surface area contributed by atoms with Gasteiger partial charge in [0.1, 0.15) is 0 Å². The topological polar surface area (TPSA) is 45.5 Å². The van der Waals surface area contributed by atoms with Crippen LogP contribution in [-0.4, -0.2) is 28.8 Å². The number of fused-ring (bicyclic) bond motifs is 1. The number of guanidine groups is 1. The van der Waals surface area contributed by atoms with Gasteiger partial charge in [0.25, 0.3) is 0 Å². The van der Waals surface area contributed by atoms with Gasteiger partial charge in [0, 0.05) is 32.4 Å². The maximum absolute atomic E-state index is 4.56. The highest BCUT2D eigenvalue weighted by atomic mass is 15.4. The lowest BCUT2D eigenvalue weighted by Gasteiger charge is -2.18. The van der Waals surface area contributed by atoms with Crippen LogP contribution in [0.1, 0.15) is 5.56 Å². The van der Waals surface area contributed by atoms with Crippen molar-refractivity contribution in [3.05, 3.63) is 60.3 Å². The van der Waals surface area contributed by atoms with Crippen molar-refractivity contribution in [3.63, 3.8) is 0 Å². The Morgan fingerprint density at radius 3 is 2.78 bits per heavy atom. The average Bonchev–Trinajstić information content (AvgIpc) is 3.21. The molecule has 5 heteroatoms. The molecule has 1 N–H and O–H groups in total. The molecule has 3 aromatic rings. The van der Waals surface area contributed by atoms with Gasteiger partial charge in [0.2, 0.25) is 0 Å². The second kappa shape index (κ2) is 5.76. The SMILES string of the molecule is Cn1ccc(N2CCN=C2NCc2ccc3ccccc3c2)n1. The lowest BCUT2D eigenvalue weighted by molar-refractivity contribution is 0.761. The summed E-state index contributed by atoms with van der Waals surface area (Å²) in [5.74, 6) is 1.84. The summed E-state index contributed by atoms with van der Waals surface area (Å²) >= 11 is 0. The standard InChI is InChI=1S/C18H19N5/c1-22-10-8-17(21-22)23-11-9-19-18(23)20-13-14-6-7-15-4-2-3-5-16(15)12-14/h2-8,10,12H,9,11,13H2,1H3,(H,19,20). The fourth-order valence-corrected chi connectivity index (χ4v) is 2.90. The number of hydrogen-bond donors (Lipinski definition) is 1. The molecule has 0 saturated heterocycles. The Kier molecular flexibility index (Phi) is 3.46. The zero-order valence-corrected chi connectivity index (χ0v) is 13.1. The molecule has 2 aromatic carbocycles. The van der Waals surface area contributed by atoms with Crippen molar-refractivity contribution in [1.82, 2.24) is 15.1 Å². The second-order valence-electron chi connectivity index (χ2n) is 5.74. The van der Waals surface area contributed by atoms with E-state index in [4.69, 9.17) is 0 Å². The summed E-state index contributed by atoms with van der Waals surface area (Å²) in [5.41, 5.74) is 1.25. The molecular formula is C18H19N5. The molecule has 0 aliphatic carbocycles. The van der Waals surface area contributed by atoms with E-state index in [9.17, 15) is 0 Å². The highest BCUT2D eigenvalue weighted by molar-refractivity contribution is 5.96. The van der Waals surface area contributed by atoms with Crippen molar-refractivity contribution < 1.29 is 0 Å². The van der Waals surface area contributed by atoms with Crippen molar-refractivity contribution in [1.29, 1.82) is 0 Å². The van der Waals surface area contributed by atoms with Crippen LogP contribution in [0.2, 0.25) is 0 Å². The van der Waals surface area contributed by atoms with Crippen LogP contribution in [0.15, 0.2) is 59.7 Å². The Morgan fingerprint density at radius 2 is 1.96 bits per heavy atom. The molecule has 4 rings (SSSR count). The quantitative estimate of drug-likeness (QED) is 0.809. The van der Waals surface area contributed by atoms with Gasteiger partial charge in [0.05, 0.1) is 6.54 Å². The molecule has 1 aliphatic heterocycles. The Hall–Kier alpha value is -2.82. The van der Waals surface area contributed by atoms with Gasteiger partial charge in [-0.1, -0.05) is 36.4 Å². The van der Waals surface area contributed by atoms with Gasteiger partial charge in [-0.3, -0.25) is 14.6 Å². The normalized spacial score (nSPS) is 14.3. The molecule has 0 amide bonds. The van der Waals surface area contributed by atoms with E-state index in [-0.39, 0.29) is 0 Å². The second-order valence-corrected chi connectivity index (χ2v) is 5.74. The van der Waals surface area contributed by atoms with Crippen LogP contribution in [0.3, 0.4) is 0 Å². The van der Waals surface area contributed by atoms with Crippen LogP contribution in [0.25, 0.3) is 10.8 Å². The number of anilines is 1. The van der Waals surface area contributed by atoms with Gasteiger partial charge in [0.15, 0.2) is 11.8 Å². The lowest BCUT2D eigenvalue weighted by atomic mass is 10.1. The molecule has 116 valence electrons. The Morgan fingerprint density at radius 1 is 1.09 bits per heavy atom. The van der Waals surface area contributed by atoms with Crippen molar-refractivity contribution in [2.75, 3.05) is 18.0 Å². The summed E-state index contributed by atoms with van der Waals surface area (Å²) in [5, 5.41) is 10.4. The predicted octanol–water partition coefficient (Wildman–Crippen LogP) is 2.54. The minimum atomic E-state index is 0.757. The third kappa shape index (κ3) is 2.77. The van der Waals surface area contributed by atoms with Crippen LogP contribution < -0.4 is 10.2 Å². The van der Waals surface area contributed by atoms with E-state index < -0.39 is 0 Å². The summed E-state index contributed by atoms with van der Waals surface area (Å²) in [6.45, 7) is 2.43. The van der Waals surface area contributed by atoms with E-state index in [1.807, 2.05) is 24.0 Å². The van der Waals surface area contributed by atoms with Crippen LogP contribution in [-0.2, 0) is 13.6 Å². The molecule has 5 nitrogen and oxygen atoms in total. The highest BCUT2D eigenvalue weighted by Gasteiger charge is 2.20. The number of rotatable bonds is 3. The zero-order chi connectivity index (χ0) is 15.6. The first-order valence-corrected chi connectivity index (χ1v) is 7.83. The fraction of sp³-hybridized carbons (Fsp3) is 0.222. The fourth-order valence-electron chi connectivity index (χ4n) is 2.90. The van der Waals surface area contributed by atoms with E-state index in [1.54, 1.807) is 0 Å². The molecule has 0 bridgehead atoms. The number of aliphatic imine (C=N–C) groups is 1. The molecule has 0 atom stereocenters. The maximum atomic E-state index is 4.56. The van der Waals surface area contributed by atoms with Gasteiger partial charge < -0.3 is 5.32 Å². The first-order valence-electron chi connectivity index (χ1n) is 7.83. The molecule has 0 radical (unpaired) electrons. The van der Waals surface area contributed by atoms with Crippen LogP contribution in [0, 0.1) is 0 Å². The maximum Gasteiger partial charge on any atom is 0.200 e. The minimum Gasteiger partial charge on any atom is -0.352 e. The van der Waals surface area contributed by atoms with Crippen molar-refractivity contribution in [2.45, 2.75) is 6.54 Å². The molecule has 0 spiro atoms. The van der Waals surface area contributed by atoms with Crippen LogP contribution in [0.4, 0.5) is 5.82 Å². The molecular weight excluding hydrogens is 286 g/mol. The number of benzene rings is 2. The van der Waals surface area contributed by atoms with E-state index in [0.717, 1.165) is 31.4 Å². The first kappa shape index (κ1) is 13.8. The molecule has 1 aromatic heterocycles. The largest absolute Gasteiger partial charge is 0.352 e. The summed E-state index contributed by atoms with van der Waals surface area (Å²) in [6, 6.07) is 17.0. The molecule has 0 saturated carbocycles. The van der Waals surface area contributed by atoms with Crippen LogP contribution in [0.5, 0.6) is 0 Å². The molecule has 0 fully saturated rings. The third-order valence-electron chi connectivity index (χ3n) is 4.08. The number of nitrogens with one attached hydrogen (secondary N) is 1. The Balaban J connectivity index is 1.49. The molecule has 0 unspecified atom stereocenters. The van der Waals surface area contributed by atoms with Crippen molar-refractivity contribution >= 4 is 22.5 Å². The van der Waals surface area contributed by atoms with E-state index in [1.165, 1.54) is 16.3 Å². The summed E-state index contributed by atoms with van der Waals surface area (Å²) < 4.78 is 1.81. The molecule has 23 heavy (non-hydrogen) atoms. The van der Waals surface area contributed by atoms with Crippen molar-refractivity contribution in [3.8, 4) is 0 Å². The van der Waals surface area contributed by atoms with Gasteiger partial charge in [-0.05, 0) is 22.4 Å². The lowest BCUT2D eigenvalue weighted by Crippen LogP contribution is -2.38. The number of hydrogen-bond acceptors (Lipinski definition) is 4. The Bertz CT molecular complexity index is 864. The number of nitrogens with zero attached hydrogens (tertiary/aromatic N) is 4. The van der Waals surface area contributed by atoms with E-state index in [0.29, 0.717) is 0 Å². The van der Waals surface area contributed by atoms with Crippen LogP contribution >= 0.6 is 0 Å². The predicted molar refractivity (Wildman–Crippen MR) is 93.6 cm³/mol. The molecule has 1 aliphatic rings. The van der Waals surface area contributed by atoms with Gasteiger partial charge in [-0.15, -0.1) is 0 Å². The third-order valence-corrected chi connectivity index (χ3v) is 4.08. The summed E-state index contributed by atoms with van der Waals surface area (Å²) in [4.78, 5) is 6.69. The summed E-state index contributed by atoms with van der Waals surface area (Å²) in [6.07, 6.45) is 1.95. The smallest absolute Gasteiger partial charge is 0.200 e. The van der Waals surface area contributed by atoms with Crippen molar-refractivity contribution in [2.24, 2.45) is 12.0 Å². The number of aromatic nitrogens is 2. The van der Waals surface area contributed by atoms with E-state index in [2.05, 4.69) is 62.8 Å². The van der Waals surface area contributed by atoms with E-state index >= 15 is 0 Å². The van der Waals surface area contributed by atoms with Gasteiger partial charge in [-0.25, -0.2) is 0 Å².